The summed E-state index contributed by atoms with van der Waals surface area (Å²) in [6, 6.07) is 3.05. The van der Waals surface area contributed by atoms with Crippen LogP contribution in [0.25, 0.3) is 0 Å². The molecule has 0 aromatic heterocycles. The van der Waals surface area contributed by atoms with Crippen LogP contribution in [0.15, 0.2) is 0 Å². The molecule has 0 aliphatic carbocycles. The Hall–Kier alpha value is -0.550. The lowest BCUT2D eigenvalue weighted by Gasteiger charge is -2.37. The van der Waals surface area contributed by atoms with Crippen molar-refractivity contribution in [3.8, 4) is 6.07 Å². The first-order valence-corrected chi connectivity index (χ1v) is 5.73. The second-order valence-electron chi connectivity index (χ2n) is 4.30. The molecule has 2 heteroatoms. The van der Waals surface area contributed by atoms with E-state index in [-0.39, 0.29) is 5.41 Å². The molecule has 1 fully saturated rings. The van der Waals surface area contributed by atoms with Gasteiger partial charge in [-0.3, -0.25) is 0 Å². The van der Waals surface area contributed by atoms with Gasteiger partial charge < -0.3 is 4.90 Å². The van der Waals surface area contributed by atoms with E-state index in [1.54, 1.807) is 0 Å². The zero-order chi connectivity index (χ0) is 11.2. The van der Waals surface area contributed by atoms with Crippen molar-refractivity contribution in [1.29, 1.82) is 5.26 Å². The topological polar surface area (TPSA) is 27.0 Å². The second-order valence-corrected chi connectivity index (χ2v) is 4.30. The summed E-state index contributed by atoms with van der Waals surface area (Å²) in [6.45, 7) is 12.7. The number of piperidine rings is 1. The minimum atomic E-state index is -0.0502. The SMILES string of the molecule is CC.CC(C)N1CCC(C)(C#N)CC1. The van der Waals surface area contributed by atoms with Crippen LogP contribution in [-0.4, -0.2) is 24.0 Å². The third-order valence-electron chi connectivity index (χ3n) is 2.90. The third-order valence-corrected chi connectivity index (χ3v) is 2.90. The maximum atomic E-state index is 8.91. The summed E-state index contributed by atoms with van der Waals surface area (Å²) in [7, 11) is 0. The van der Waals surface area contributed by atoms with Gasteiger partial charge in [0.1, 0.15) is 0 Å². The fraction of sp³-hybridized carbons (Fsp3) is 0.917. The molecule has 0 bridgehead atoms. The van der Waals surface area contributed by atoms with E-state index in [9.17, 15) is 0 Å². The van der Waals surface area contributed by atoms with E-state index in [1.165, 1.54) is 0 Å². The van der Waals surface area contributed by atoms with Crippen molar-refractivity contribution in [3.05, 3.63) is 0 Å². The van der Waals surface area contributed by atoms with E-state index in [2.05, 4.69) is 31.7 Å². The van der Waals surface area contributed by atoms with Crippen LogP contribution in [0.4, 0.5) is 0 Å². The summed E-state index contributed by atoms with van der Waals surface area (Å²) in [5, 5.41) is 8.91. The fourth-order valence-corrected chi connectivity index (χ4v) is 1.65. The summed E-state index contributed by atoms with van der Waals surface area (Å²) >= 11 is 0. The lowest BCUT2D eigenvalue weighted by Crippen LogP contribution is -2.41. The van der Waals surface area contributed by atoms with Crippen LogP contribution in [0.2, 0.25) is 0 Å². The lowest BCUT2D eigenvalue weighted by molar-refractivity contribution is 0.127. The van der Waals surface area contributed by atoms with Gasteiger partial charge in [0.25, 0.3) is 0 Å². The van der Waals surface area contributed by atoms with Gasteiger partial charge >= 0.3 is 0 Å². The normalized spacial score (nSPS) is 20.9. The molecule has 1 saturated heterocycles. The van der Waals surface area contributed by atoms with Crippen LogP contribution in [0.5, 0.6) is 0 Å². The van der Waals surface area contributed by atoms with Crippen molar-refractivity contribution >= 4 is 0 Å². The van der Waals surface area contributed by atoms with Gasteiger partial charge in [-0.25, -0.2) is 0 Å². The molecule has 0 saturated carbocycles. The van der Waals surface area contributed by atoms with Crippen LogP contribution in [0.1, 0.15) is 47.5 Å². The molecule has 0 unspecified atom stereocenters. The number of nitrogens with zero attached hydrogens (tertiary/aromatic N) is 2. The van der Waals surface area contributed by atoms with Crippen LogP contribution in [0.3, 0.4) is 0 Å². The molecule has 0 radical (unpaired) electrons. The number of nitriles is 1. The molecule has 1 aliphatic rings. The van der Waals surface area contributed by atoms with Crippen molar-refractivity contribution in [3.63, 3.8) is 0 Å². The Kier molecular flexibility index (Phi) is 5.79. The van der Waals surface area contributed by atoms with Gasteiger partial charge in [-0.1, -0.05) is 13.8 Å². The van der Waals surface area contributed by atoms with Crippen LogP contribution >= 0.6 is 0 Å². The minimum Gasteiger partial charge on any atom is -0.301 e. The van der Waals surface area contributed by atoms with Crippen LogP contribution < -0.4 is 0 Å². The Morgan fingerprint density at radius 3 is 1.93 bits per heavy atom. The maximum Gasteiger partial charge on any atom is 0.0687 e. The van der Waals surface area contributed by atoms with Crippen molar-refractivity contribution in [1.82, 2.24) is 4.90 Å². The highest BCUT2D eigenvalue weighted by Crippen LogP contribution is 2.30. The average molecular weight is 196 g/mol. The number of hydrogen-bond acceptors (Lipinski definition) is 2. The number of hydrogen-bond donors (Lipinski definition) is 0. The standard InChI is InChI=1S/C10H18N2.C2H6/c1-9(2)12-6-4-10(3,8-11)5-7-12;1-2/h9H,4-7H2,1-3H3;1-2H3. The summed E-state index contributed by atoms with van der Waals surface area (Å²) in [5.74, 6) is 0. The van der Waals surface area contributed by atoms with E-state index in [4.69, 9.17) is 5.26 Å². The highest BCUT2D eigenvalue weighted by atomic mass is 15.1. The van der Waals surface area contributed by atoms with Gasteiger partial charge in [-0.2, -0.15) is 5.26 Å². The van der Waals surface area contributed by atoms with Crippen molar-refractivity contribution < 1.29 is 0 Å². The summed E-state index contributed by atoms with van der Waals surface area (Å²) < 4.78 is 0. The van der Waals surface area contributed by atoms with E-state index >= 15 is 0 Å². The lowest BCUT2D eigenvalue weighted by atomic mass is 9.82. The van der Waals surface area contributed by atoms with E-state index < -0.39 is 0 Å². The quantitative estimate of drug-likeness (QED) is 0.644. The zero-order valence-electron chi connectivity index (χ0n) is 10.3. The molecule has 0 amide bonds. The summed E-state index contributed by atoms with van der Waals surface area (Å²) in [5.41, 5.74) is -0.0502. The van der Waals surface area contributed by atoms with Gasteiger partial charge in [-0.15, -0.1) is 0 Å². The number of rotatable bonds is 1. The highest BCUT2D eigenvalue weighted by molar-refractivity contribution is 4.98. The van der Waals surface area contributed by atoms with Gasteiger partial charge in [-0.05, 0) is 46.7 Å². The molecule has 0 N–H and O–H groups in total. The average Bonchev–Trinajstić information content (AvgIpc) is 2.21. The Bertz CT molecular complexity index is 183. The predicted molar refractivity (Wildman–Crippen MR) is 61.0 cm³/mol. The van der Waals surface area contributed by atoms with E-state index in [0.717, 1.165) is 25.9 Å². The monoisotopic (exact) mass is 196 g/mol. The fourth-order valence-electron chi connectivity index (χ4n) is 1.65. The minimum absolute atomic E-state index is 0.0502. The Morgan fingerprint density at radius 1 is 1.21 bits per heavy atom. The van der Waals surface area contributed by atoms with Crippen molar-refractivity contribution in [2.75, 3.05) is 13.1 Å². The molecule has 0 atom stereocenters. The van der Waals surface area contributed by atoms with Gasteiger partial charge in [0.05, 0.1) is 11.5 Å². The van der Waals surface area contributed by atoms with Crippen molar-refractivity contribution in [2.45, 2.75) is 53.5 Å². The second kappa shape index (κ2) is 6.03. The summed E-state index contributed by atoms with van der Waals surface area (Å²) in [4.78, 5) is 2.44. The Labute approximate surface area is 88.9 Å². The molecule has 1 rings (SSSR count). The van der Waals surface area contributed by atoms with Crippen molar-refractivity contribution in [2.24, 2.45) is 5.41 Å². The number of likely N-dealkylation sites (tertiary alicyclic amines) is 1. The largest absolute Gasteiger partial charge is 0.301 e. The predicted octanol–water partition coefficient (Wildman–Crippen LogP) is 3.05. The molecule has 0 aromatic carbocycles. The van der Waals surface area contributed by atoms with Crippen LogP contribution in [0, 0.1) is 16.7 Å². The molecule has 0 aromatic rings. The summed E-state index contributed by atoms with van der Waals surface area (Å²) in [6.07, 6.45) is 2.06. The smallest absolute Gasteiger partial charge is 0.0687 e. The van der Waals surface area contributed by atoms with Gasteiger partial charge in [0.15, 0.2) is 0 Å². The van der Waals surface area contributed by atoms with E-state index in [1.807, 2.05) is 13.8 Å². The highest BCUT2D eigenvalue weighted by Gasteiger charge is 2.30. The van der Waals surface area contributed by atoms with E-state index in [0.29, 0.717) is 6.04 Å². The molecule has 82 valence electrons. The Morgan fingerprint density at radius 2 is 1.64 bits per heavy atom. The van der Waals surface area contributed by atoms with Crippen LogP contribution in [-0.2, 0) is 0 Å². The van der Waals surface area contributed by atoms with Gasteiger partial charge in [0, 0.05) is 6.04 Å². The molecular weight excluding hydrogens is 172 g/mol. The molecular formula is C12H24N2. The first kappa shape index (κ1) is 13.4. The molecule has 14 heavy (non-hydrogen) atoms. The molecule has 1 heterocycles. The molecule has 0 spiro atoms. The molecule has 2 nitrogen and oxygen atoms in total. The maximum absolute atomic E-state index is 8.91. The first-order chi connectivity index (χ1) is 6.57. The Balaban J connectivity index is 0.000000791. The zero-order valence-corrected chi connectivity index (χ0v) is 10.3. The molecule has 1 aliphatic heterocycles. The van der Waals surface area contributed by atoms with Gasteiger partial charge in [0.2, 0.25) is 0 Å². The third kappa shape index (κ3) is 3.67. The first-order valence-electron chi connectivity index (χ1n) is 5.73.